The Morgan fingerprint density at radius 2 is 2.38 bits per heavy atom. The highest BCUT2D eigenvalue weighted by molar-refractivity contribution is 6.33. The molecule has 1 aliphatic heterocycles. The van der Waals surface area contributed by atoms with E-state index in [0.717, 1.165) is 39.0 Å². The fourth-order valence-electron chi connectivity index (χ4n) is 2.55. The Morgan fingerprint density at radius 3 is 2.95 bits per heavy atom. The van der Waals surface area contributed by atoms with E-state index < -0.39 is 5.91 Å². The van der Waals surface area contributed by atoms with Crippen LogP contribution in [0.1, 0.15) is 43.0 Å². The van der Waals surface area contributed by atoms with Gasteiger partial charge in [-0.05, 0) is 31.7 Å². The molecule has 116 valence electrons. The number of carbonyl (C=O) groups excluding carboxylic acids is 1. The molecule has 1 fully saturated rings. The van der Waals surface area contributed by atoms with Crippen molar-refractivity contribution in [2.45, 2.75) is 38.7 Å². The first-order valence-electron chi connectivity index (χ1n) is 7.43. The highest BCUT2D eigenvalue weighted by atomic mass is 35.5. The van der Waals surface area contributed by atoms with Gasteiger partial charge in [0.15, 0.2) is 0 Å². The molecule has 0 aliphatic carbocycles. The molecule has 21 heavy (non-hydrogen) atoms. The minimum absolute atomic E-state index is 0.221. The van der Waals surface area contributed by atoms with Crippen molar-refractivity contribution in [3.05, 3.63) is 22.8 Å². The largest absolute Gasteiger partial charge is 0.376 e. The number of halogens is 1. The van der Waals surface area contributed by atoms with Gasteiger partial charge in [-0.25, -0.2) is 4.98 Å². The maximum atomic E-state index is 11.2. The van der Waals surface area contributed by atoms with Gasteiger partial charge in [-0.15, -0.1) is 0 Å². The molecule has 1 unspecified atom stereocenters. The molecule has 1 aliphatic rings. The summed E-state index contributed by atoms with van der Waals surface area (Å²) in [6.07, 6.45) is 6.09. The third-order valence-electron chi connectivity index (χ3n) is 3.60. The van der Waals surface area contributed by atoms with E-state index in [1.54, 1.807) is 6.07 Å². The van der Waals surface area contributed by atoms with Gasteiger partial charge in [0.25, 0.3) is 0 Å². The summed E-state index contributed by atoms with van der Waals surface area (Å²) in [6.45, 7) is 4.56. The smallest absolute Gasteiger partial charge is 0.250 e. The Bertz CT molecular complexity index is 490. The fourth-order valence-corrected chi connectivity index (χ4v) is 2.83. The first-order chi connectivity index (χ1) is 10.1. The lowest BCUT2D eigenvalue weighted by molar-refractivity contribution is 0.0209. The summed E-state index contributed by atoms with van der Waals surface area (Å²) in [6, 6.07) is 1.58. The number of amides is 1. The molecule has 2 N–H and O–H groups in total. The summed E-state index contributed by atoms with van der Waals surface area (Å²) in [5.41, 5.74) is 5.57. The monoisotopic (exact) mass is 311 g/mol. The summed E-state index contributed by atoms with van der Waals surface area (Å²) in [4.78, 5) is 17.6. The van der Waals surface area contributed by atoms with Gasteiger partial charge in [-0.2, -0.15) is 0 Å². The van der Waals surface area contributed by atoms with Crippen LogP contribution in [0.3, 0.4) is 0 Å². The van der Waals surface area contributed by atoms with Crippen molar-refractivity contribution in [3.8, 4) is 0 Å². The Balaban J connectivity index is 2.14. The van der Waals surface area contributed by atoms with E-state index in [2.05, 4.69) is 16.8 Å². The first-order valence-corrected chi connectivity index (χ1v) is 7.81. The summed E-state index contributed by atoms with van der Waals surface area (Å²) < 4.78 is 5.79. The van der Waals surface area contributed by atoms with Crippen molar-refractivity contribution in [2.75, 3.05) is 24.6 Å². The van der Waals surface area contributed by atoms with Crippen molar-refractivity contribution >= 4 is 23.3 Å². The predicted octanol–water partition coefficient (Wildman–Crippen LogP) is 2.62. The number of hydrogen-bond donors (Lipinski definition) is 1. The Hall–Kier alpha value is -1.33. The van der Waals surface area contributed by atoms with Crippen molar-refractivity contribution in [2.24, 2.45) is 5.73 Å². The third-order valence-corrected chi connectivity index (χ3v) is 3.88. The van der Waals surface area contributed by atoms with Crippen LogP contribution in [-0.4, -0.2) is 36.7 Å². The highest BCUT2D eigenvalue weighted by Crippen LogP contribution is 2.26. The number of nitrogens with zero attached hydrogens (tertiary/aromatic N) is 2. The number of nitrogens with two attached hydrogens (primary N) is 1. The SMILES string of the molecule is CCCN(CC1CCCCO1)c1ncc(C(N)=O)cc1Cl. The van der Waals surface area contributed by atoms with Gasteiger partial charge in [-0.3, -0.25) is 4.79 Å². The van der Waals surface area contributed by atoms with Crippen LogP contribution in [0.4, 0.5) is 5.82 Å². The molecule has 1 amide bonds. The summed E-state index contributed by atoms with van der Waals surface area (Å²) in [5.74, 6) is 0.172. The van der Waals surface area contributed by atoms with Crippen molar-refractivity contribution < 1.29 is 9.53 Å². The predicted molar refractivity (Wildman–Crippen MR) is 83.9 cm³/mol. The molecule has 5 nitrogen and oxygen atoms in total. The molecule has 2 rings (SSSR count). The average Bonchev–Trinajstić information content (AvgIpc) is 2.48. The van der Waals surface area contributed by atoms with Gasteiger partial charge in [0.05, 0.1) is 16.7 Å². The molecule has 0 radical (unpaired) electrons. The van der Waals surface area contributed by atoms with Crippen molar-refractivity contribution in [3.63, 3.8) is 0 Å². The summed E-state index contributed by atoms with van der Waals surface area (Å²) >= 11 is 6.27. The molecule has 1 aromatic heterocycles. The zero-order valence-electron chi connectivity index (χ0n) is 12.3. The lowest BCUT2D eigenvalue weighted by Gasteiger charge is -2.31. The molecule has 0 aromatic carbocycles. The van der Waals surface area contributed by atoms with E-state index in [1.165, 1.54) is 12.6 Å². The molecular formula is C15H22ClN3O2. The van der Waals surface area contributed by atoms with Crippen LogP contribution in [0.5, 0.6) is 0 Å². The van der Waals surface area contributed by atoms with Gasteiger partial charge < -0.3 is 15.4 Å². The second-order valence-corrected chi connectivity index (χ2v) is 5.74. The number of pyridine rings is 1. The van der Waals surface area contributed by atoms with Crippen LogP contribution < -0.4 is 10.6 Å². The standard InChI is InChI=1S/C15H22ClN3O2/c1-2-6-19(10-12-5-3-4-7-21-12)15-13(16)8-11(9-18-15)14(17)20/h8-9,12H,2-7,10H2,1H3,(H2,17,20). The topological polar surface area (TPSA) is 68.4 Å². The lowest BCUT2D eigenvalue weighted by Crippen LogP contribution is -2.37. The molecule has 1 saturated heterocycles. The normalized spacial score (nSPS) is 18.5. The molecule has 1 aromatic rings. The number of hydrogen-bond acceptors (Lipinski definition) is 4. The van der Waals surface area contributed by atoms with E-state index in [1.807, 2.05) is 0 Å². The number of rotatable bonds is 6. The van der Waals surface area contributed by atoms with Crippen LogP contribution in [0, 0.1) is 0 Å². The van der Waals surface area contributed by atoms with Crippen LogP contribution in [0.15, 0.2) is 12.3 Å². The van der Waals surface area contributed by atoms with Gasteiger partial charge in [0, 0.05) is 25.9 Å². The molecule has 6 heteroatoms. The Morgan fingerprint density at radius 1 is 1.57 bits per heavy atom. The van der Waals surface area contributed by atoms with E-state index in [9.17, 15) is 4.79 Å². The summed E-state index contributed by atoms with van der Waals surface area (Å²) in [7, 11) is 0. The lowest BCUT2D eigenvalue weighted by atomic mass is 10.1. The number of anilines is 1. The zero-order chi connectivity index (χ0) is 15.2. The minimum atomic E-state index is -0.520. The van der Waals surface area contributed by atoms with Crippen LogP contribution in [-0.2, 0) is 4.74 Å². The average molecular weight is 312 g/mol. The molecule has 0 saturated carbocycles. The van der Waals surface area contributed by atoms with Gasteiger partial charge in [0.2, 0.25) is 5.91 Å². The van der Waals surface area contributed by atoms with Gasteiger partial charge in [-0.1, -0.05) is 18.5 Å². The maximum Gasteiger partial charge on any atom is 0.250 e. The van der Waals surface area contributed by atoms with E-state index >= 15 is 0 Å². The zero-order valence-corrected chi connectivity index (χ0v) is 13.1. The van der Waals surface area contributed by atoms with Crippen LogP contribution >= 0.6 is 11.6 Å². The highest BCUT2D eigenvalue weighted by Gasteiger charge is 2.20. The maximum absolute atomic E-state index is 11.2. The molecule has 2 heterocycles. The van der Waals surface area contributed by atoms with Gasteiger partial charge >= 0.3 is 0 Å². The fraction of sp³-hybridized carbons (Fsp3) is 0.600. The quantitative estimate of drug-likeness (QED) is 0.877. The molecular weight excluding hydrogens is 290 g/mol. The number of aromatic nitrogens is 1. The second-order valence-electron chi connectivity index (χ2n) is 5.33. The van der Waals surface area contributed by atoms with Crippen molar-refractivity contribution in [1.82, 2.24) is 4.98 Å². The first kappa shape index (κ1) is 16.0. The van der Waals surface area contributed by atoms with Crippen molar-refractivity contribution in [1.29, 1.82) is 0 Å². The molecule has 0 spiro atoms. The Labute approximate surface area is 130 Å². The van der Waals surface area contributed by atoms with E-state index in [0.29, 0.717) is 16.4 Å². The summed E-state index contributed by atoms with van der Waals surface area (Å²) in [5, 5.41) is 0.454. The Kier molecular flexibility index (Phi) is 5.82. The number of carbonyl (C=O) groups is 1. The van der Waals surface area contributed by atoms with Crippen LogP contribution in [0.2, 0.25) is 5.02 Å². The minimum Gasteiger partial charge on any atom is -0.376 e. The molecule has 0 bridgehead atoms. The van der Waals surface area contributed by atoms with E-state index in [4.69, 9.17) is 22.1 Å². The number of ether oxygens (including phenoxy) is 1. The van der Waals surface area contributed by atoms with Crippen LogP contribution in [0.25, 0.3) is 0 Å². The molecule has 1 atom stereocenters. The number of primary amides is 1. The third kappa shape index (κ3) is 4.32. The van der Waals surface area contributed by atoms with E-state index in [-0.39, 0.29) is 6.10 Å². The van der Waals surface area contributed by atoms with Gasteiger partial charge in [0.1, 0.15) is 5.82 Å². The second kappa shape index (κ2) is 7.61.